The largest absolute Gasteiger partial charge is 0.407 e. The monoisotopic (exact) mass is 219 g/mol. The Labute approximate surface area is 84.1 Å². The minimum Gasteiger partial charge on any atom is -0.302 e. The van der Waals surface area contributed by atoms with Crippen molar-refractivity contribution in [2.45, 2.75) is 18.6 Å². The molecule has 2 rings (SSSR count). The molecule has 1 heterocycles. The van der Waals surface area contributed by atoms with Crippen molar-refractivity contribution in [3.8, 4) is 0 Å². The third-order valence-corrected chi connectivity index (χ3v) is 2.52. The molecule has 1 atom stereocenters. The summed E-state index contributed by atoms with van der Waals surface area (Å²) in [6.45, 7) is 0.151. The smallest absolute Gasteiger partial charge is 0.302 e. The molecule has 0 spiro atoms. The molecule has 1 nitrogen and oxygen atoms in total. The van der Waals surface area contributed by atoms with E-state index in [1.54, 1.807) is 0 Å². The highest BCUT2D eigenvalue weighted by molar-refractivity contribution is 5.34. The van der Waals surface area contributed by atoms with E-state index in [0.717, 1.165) is 0 Å². The fourth-order valence-corrected chi connectivity index (χ4v) is 1.85. The van der Waals surface area contributed by atoms with Crippen molar-refractivity contribution in [1.29, 1.82) is 0 Å². The van der Waals surface area contributed by atoms with Gasteiger partial charge in [-0.2, -0.15) is 13.2 Å². The molecule has 0 amide bonds. The van der Waals surface area contributed by atoms with Crippen LogP contribution in [-0.4, -0.2) is 12.7 Å². The van der Waals surface area contributed by atoms with Crippen LogP contribution in [0.5, 0.6) is 0 Å². The summed E-state index contributed by atoms with van der Waals surface area (Å²) >= 11 is 0. The van der Waals surface area contributed by atoms with Crippen molar-refractivity contribution in [3.05, 3.63) is 35.1 Å². The number of nitrogens with one attached hydrogen (secondary N) is 1. The fraction of sp³-hybridized carbons (Fsp3) is 0.400. The summed E-state index contributed by atoms with van der Waals surface area (Å²) < 4.78 is 50.9. The van der Waals surface area contributed by atoms with Gasteiger partial charge in [-0.05, 0) is 23.6 Å². The molecule has 0 fully saturated rings. The summed E-state index contributed by atoms with van der Waals surface area (Å²) in [7, 11) is 0. The van der Waals surface area contributed by atoms with Gasteiger partial charge in [0.15, 0.2) is 0 Å². The maximum atomic E-state index is 13.2. The van der Waals surface area contributed by atoms with Gasteiger partial charge in [0.2, 0.25) is 0 Å². The van der Waals surface area contributed by atoms with Gasteiger partial charge in [0.1, 0.15) is 11.9 Å². The first-order chi connectivity index (χ1) is 7.00. The van der Waals surface area contributed by atoms with Crippen LogP contribution in [0.3, 0.4) is 0 Å². The summed E-state index contributed by atoms with van der Waals surface area (Å²) in [5.74, 6) is -0.553. The first-order valence-corrected chi connectivity index (χ1v) is 4.57. The first kappa shape index (κ1) is 10.4. The lowest BCUT2D eigenvalue weighted by atomic mass is 9.93. The summed E-state index contributed by atoms with van der Waals surface area (Å²) in [6.07, 6.45) is -4.07. The number of rotatable bonds is 0. The van der Waals surface area contributed by atoms with Crippen molar-refractivity contribution in [1.82, 2.24) is 5.32 Å². The Morgan fingerprint density at radius 2 is 2.00 bits per heavy atom. The van der Waals surface area contributed by atoms with E-state index in [9.17, 15) is 17.6 Å². The summed E-state index contributed by atoms with van der Waals surface area (Å²) in [5.41, 5.74) is 0.187. The zero-order valence-corrected chi connectivity index (χ0v) is 7.74. The van der Waals surface area contributed by atoms with Crippen LogP contribution in [0.1, 0.15) is 17.2 Å². The maximum Gasteiger partial charge on any atom is 0.407 e. The summed E-state index contributed by atoms with van der Waals surface area (Å²) in [4.78, 5) is 0. The molecule has 5 heteroatoms. The highest BCUT2D eigenvalue weighted by Gasteiger charge is 2.43. The third kappa shape index (κ3) is 1.84. The molecule has 0 saturated carbocycles. The first-order valence-electron chi connectivity index (χ1n) is 4.57. The van der Waals surface area contributed by atoms with E-state index in [2.05, 4.69) is 5.32 Å². The number of benzene rings is 1. The lowest BCUT2D eigenvalue weighted by Crippen LogP contribution is -2.39. The standard InChI is InChI=1S/C10H9F4N/c11-8-3-1-2-7-6(8)4-5-15-9(7)10(12,13)14/h1-3,9,15H,4-5H2. The van der Waals surface area contributed by atoms with Gasteiger partial charge < -0.3 is 5.32 Å². The summed E-state index contributed by atoms with van der Waals surface area (Å²) in [5, 5.41) is 2.35. The number of hydrogen-bond donors (Lipinski definition) is 1. The maximum absolute atomic E-state index is 13.2. The molecule has 0 aromatic heterocycles. The molecular weight excluding hydrogens is 210 g/mol. The normalized spacial score (nSPS) is 21.2. The third-order valence-electron chi connectivity index (χ3n) is 2.52. The van der Waals surface area contributed by atoms with E-state index in [1.807, 2.05) is 0 Å². The van der Waals surface area contributed by atoms with Crippen LogP contribution < -0.4 is 5.32 Å². The van der Waals surface area contributed by atoms with E-state index in [-0.39, 0.29) is 17.7 Å². The van der Waals surface area contributed by atoms with Crippen LogP contribution in [-0.2, 0) is 6.42 Å². The van der Waals surface area contributed by atoms with E-state index in [4.69, 9.17) is 0 Å². The molecule has 15 heavy (non-hydrogen) atoms. The van der Waals surface area contributed by atoms with Crippen LogP contribution in [0.4, 0.5) is 17.6 Å². The van der Waals surface area contributed by atoms with Crippen molar-refractivity contribution in [3.63, 3.8) is 0 Å². The van der Waals surface area contributed by atoms with Crippen LogP contribution in [0.2, 0.25) is 0 Å². The number of fused-ring (bicyclic) bond motifs is 1. The number of hydrogen-bond acceptors (Lipinski definition) is 1. The zero-order valence-electron chi connectivity index (χ0n) is 7.74. The average Bonchev–Trinajstić information content (AvgIpc) is 2.16. The molecule has 1 aliphatic rings. The minimum absolute atomic E-state index is 0.00810. The molecule has 1 N–H and O–H groups in total. The molecule has 0 aliphatic carbocycles. The SMILES string of the molecule is Fc1cccc2c1CCNC2C(F)(F)F. The average molecular weight is 219 g/mol. The second-order valence-electron chi connectivity index (χ2n) is 3.49. The molecule has 1 aromatic rings. The predicted molar refractivity (Wildman–Crippen MR) is 46.9 cm³/mol. The lowest BCUT2D eigenvalue weighted by molar-refractivity contribution is -0.158. The Morgan fingerprint density at radius 1 is 1.27 bits per heavy atom. The molecule has 1 aliphatic heterocycles. The van der Waals surface area contributed by atoms with Gasteiger partial charge in [-0.3, -0.25) is 0 Å². The quantitative estimate of drug-likeness (QED) is 0.661. The second kappa shape index (κ2) is 3.48. The fourth-order valence-electron chi connectivity index (χ4n) is 1.85. The van der Waals surface area contributed by atoms with Crippen molar-refractivity contribution in [2.75, 3.05) is 6.54 Å². The van der Waals surface area contributed by atoms with E-state index < -0.39 is 18.0 Å². The highest BCUT2D eigenvalue weighted by Crippen LogP contribution is 2.36. The Kier molecular flexibility index (Phi) is 2.42. The van der Waals surface area contributed by atoms with Crippen molar-refractivity contribution >= 4 is 0 Å². The van der Waals surface area contributed by atoms with E-state index >= 15 is 0 Å². The van der Waals surface area contributed by atoms with E-state index in [0.29, 0.717) is 6.42 Å². The zero-order chi connectivity index (χ0) is 11.1. The van der Waals surface area contributed by atoms with Gasteiger partial charge in [-0.1, -0.05) is 12.1 Å². The molecule has 0 saturated heterocycles. The van der Waals surface area contributed by atoms with Gasteiger partial charge in [-0.25, -0.2) is 4.39 Å². The minimum atomic E-state index is -4.37. The topological polar surface area (TPSA) is 12.0 Å². The molecule has 0 radical (unpaired) electrons. The van der Waals surface area contributed by atoms with Crippen LogP contribution in [0.25, 0.3) is 0 Å². The van der Waals surface area contributed by atoms with Gasteiger partial charge >= 0.3 is 6.18 Å². The molecule has 82 valence electrons. The number of alkyl halides is 3. The lowest BCUT2D eigenvalue weighted by Gasteiger charge is -2.28. The molecule has 1 aromatic carbocycles. The summed E-state index contributed by atoms with van der Waals surface area (Å²) in [6, 6.07) is 2.08. The van der Waals surface area contributed by atoms with Crippen molar-refractivity contribution < 1.29 is 17.6 Å². The molecule has 1 unspecified atom stereocenters. The van der Waals surface area contributed by atoms with E-state index in [1.165, 1.54) is 18.2 Å². The Bertz CT molecular complexity index is 372. The predicted octanol–water partition coefficient (Wildman–Crippen LogP) is 2.57. The van der Waals surface area contributed by atoms with Gasteiger partial charge in [0, 0.05) is 6.54 Å². The van der Waals surface area contributed by atoms with Crippen LogP contribution in [0.15, 0.2) is 18.2 Å². The van der Waals surface area contributed by atoms with Gasteiger partial charge in [-0.15, -0.1) is 0 Å². The number of halogens is 4. The highest BCUT2D eigenvalue weighted by atomic mass is 19.4. The van der Waals surface area contributed by atoms with Gasteiger partial charge in [0.05, 0.1) is 0 Å². The Hall–Kier alpha value is -1.10. The Morgan fingerprint density at radius 3 is 2.67 bits per heavy atom. The molecule has 0 bridgehead atoms. The van der Waals surface area contributed by atoms with Crippen LogP contribution in [0, 0.1) is 5.82 Å². The van der Waals surface area contributed by atoms with Gasteiger partial charge in [0.25, 0.3) is 0 Å². The van der Waals surface area contributed by atoms with Crippen LogP contribution >= 0.6 is 0 Å². The second-order valence-corrected chi connectivity index (χ2v) is 3.49. The molecular formula is C10H9F4N. The Balaban J connectivity index is 2.48. The van der Waals surface area contributed by atoms with Crippen molar-refractivity contribution in [2.24, 2.45) is 0 Å².